The molecule has 5 nitrogen and oxygen atoms in total. The average Bonchev–Trinajstić information content (AvgIpc) is 2.64. The Labute approximate surface area is 160 Å². The van der Waals surface area contributed by atoms with E-state index in [9.17, 15) is 14.0 Å². The van der Waals surface area contributed by atoms with Gasteiger partial charge in [0.15, 0.2) is 0 Å². The van der Waals surface area contributed by atoms with E-state index in [1.165, 1.54) is 22.8 Å². The molecule has 27 heavy (non-hydrogen) atoms. The van der Waals surface area contributed by atoms with E-state index in [4.69, 9.17) is 11.6 Å². The van der Waals surface area contributed by atoms with E-state index < -0.39 is 0 Å². The van der Waals surface area contributed by atoms with Crippen LogP contribution in [0.2, 0.25) is 5.02 Å². The summed E-state index contributed by atoms with van der Waals surface area (Å²) in [7, 11) is 0. The molecule has 3 rings (SSSR count). The van der Waals surface area contributed by atoms with Crippen LogP contribution in [0.1, 0.15) is 11.3 Å². The van der Waals surface area contributed by atoms with Crippen molar-refractivity contribution in [3.8, 4) is 11.4 Å². The maximum absolute atomic E-state index is 12.9. The first-order valence-electron chi connectivity index (χ1n) is 8.28. The monoisotopic (exact) mass is 385 g/mol. The number of carbonyl (C=O) groups excluding carboxylic acids is 1. The molecular weight excluding hydrogens is 369 g/mol. The molecule has 0 spiro atoms. The van der Waals surface area contributed by atoms with Crippen molar-refractivity contribution in [1.29, 1.82) is 0 Å². The van der Waals surface area contributed by atoms with E-state index >= 15 is 0 Å². The summed E-state index contributed by atoms with van der Waals surface area (Å²) in [6.45, 7) is 1.79. The van der Waals surface area contributed by atoms with Crippen LogP contribution in [-0.2, 0) is 17.9 Å². The maximum Gasteiger partial charge on any atom is 0.254 e. The molecule has 0 saturated heterocycles. The molecule has 1 aromatic heterocycles. The fourth-order valence-corrected chi connectivity index (χ4v) is 2.72. The molecule has 138 valence electrons. The number of nitrogens with zero attached hydrogens (tertiary/aromatic N) is 2. The third-order valence-corrected chi connectivity index (χ3v) is 4.20. The normalized spacial score (nSPS) is 10.6. The highest BCUT2D eigenvalue weighted by Crippen LogP contribution is 2.19. The minimum Gasteiger partial charge on any atom is -0.350 e. The van der Waals surface area contributed by atoms with Crippen LogP contribution in [-0.4, -0.2) is 15.5 Å². The predicted molar refractivity (Wildman–Crippen MR) is 102 cm³/mol. The standard InChI is InChI=1S/C20H17ClFN3O2/c1-13-10-19(27)25(20(24-13)15-4-6-16(21)7-5-15)12-18(26)23-11-14-2-8-17(22)9-3-14/h2-10H,11-12H2,1H3,(H,23,26). The second kappa shape index (κ2) is 8.14. The summed E-state index contributed by atoms with van der Waals surface area (Å²) in [6, 6.07) is 14.1. The Kier molecular flexibility index (Phi) is 5.66. The average molecular weight is 386 g/mol. The van der Waals surface area contributed by atoms with E-state index in [-0.39, 0.29) is 30.4 Å². The molecule has 1 heterocycles. The lowest BCUT2D eigenvalue weighted by Crippen LogP contribution is -2.33. The highest BCUT2D eigenvalue weighted by molar-refractivity contribution is 6.30. The number of rotatable bonds is 5. The predicted octanol–water partition coefficient (Wildman–Crippen LogP) is 3.33. The Bertz CT molecular complexity index is 1010. The molecule has 3 aromatic rings. The molecule has 1 amide bonds. The number of nitrogens with one attached hydrogen (secondary N) is 1. The second-order valence-corrected chi connectivity index (χ2v) is 6.49. The zero-order chi connectivity index (χ0) is 19.4. The van der Waals surface area contributed by atoms with Gasteiger partial charge in [-0.1, -0.05) is 23.7 Å². The molecule has 2 aromatic carbocycles. The molecule has 0 aliphatic carbocycles. The lowest BCUT2D eigenvalue weighted by Gasteiger charge is -2.13. The van der Waals surface area contributed by atoms with E-state index in [2.05, 4.69) is 10.3 Å². The minimum atomic E-state index is -0.345. The highest BCUT2D eigenvalue weighted by Gasteiger charge is 2.13. The molecule has 0 unspecified atom stereocenters. The van der Waals surface area contributed by atoms with Crippen molar-refractivity contribution < 1.29 is 9.18 Å². The van der Waals surface area contributed by atoms with Gasteiger partial charge >= 0.3 is 0 Å². The van der Waals surface area contributed by atoms with Crippen LogP contribution in [0.5, 0.6) is 0 Å². The summed E-state index contributed by atoms with van der Waals surface area (Å²) in [5.74, 6) is -0.286. The first-order chi connectivity index (χ1) is 12.9. The Hall–Kier alpha value is -2.99. The van der Waals surface area contributed by atoms with Crippen LogP contribution in [0.15, 0.2) is 59.4 Å². The van der Waals surface area contributed by atoms with Gasteiger partial charge < -0.3 is 5.32 Å². The van der Waals surface area contributed by atoms with Crippen LogP contribution in [0.25, 0.3) is 11.4 Å². The summed E-state index contributed by atoms with van der Waals surface area (Å²) in [5.41, 5.74) is 1.70. The lowest BCUT2D eigenvalue weighted by atomic mass is 10.2. The Morgan fingerprint density at radius 3 is 2.48 bits per heavy atom. The van der Waals surface area contributed by atoms with E-state index in [1.807, 2.05) is 0 Å². The maximum atomic E-state index is 12.9. The van der Waals surface area contributed by atoms with E-state index in [0.717, 1.165) is 5.56 Å². The summed E-state index contributed by atoms with van der Waals surface area (Å²) < 4.78 is 14.3. The number of aromatic nitrogens is 2. The van der Waals surface area contributed by atoms with Gasteiger partial charge in [0.2, 0.25) is 5.91 Å². The molecule has 0 fully saturated rings. The first kappa shape index (κ1) is 18.8. The number of carbonyl (C=O) groups is 1. The molecule has 0 aliphatic heterocycles. The van der Waals surface area contributed by atoms with Gasteiger partial charge in [-0.2, -0.15) is 0 Å². The lowest BCUT2D eigenvalue weighted by molar-refractivity contribution is -0.121. The quantitative estimate of drug-likeness (QED) is 0.732. The van der Waals surface area contributed by atoms with Gasteiger partial charge in [-0.05, 0) is 48.9 Å². The molecule has 0 bridgehead atoms. The second-order valence-electron chi connectivity index (χ2n) is 6.06. The molecular formula is C20H17ClFN3O2. The Morgan fingerprint density at radius 2 is 1.81 bits per heavy atom. The van der Waals surface area contributed by atoms with Crippen molar-refractivity contribution in [2.75, 3.05) is 0 Å². The van der Waals surface area contributed by atoms with Crippen molar-refractivity contribution in [2.45, 2.75) is 20.0 Å². The Balaban J connectivity index is 1.81. The first-order valence-corrected chi connectivity index (χ1v) is 8.66. The third kappa shape index (κ3) is 4.80. The molecule has 0 saturated carbocycles. The van der Waals surface area contributed by atoms with Crippen molar-refractivity contribution in [3.63, 3.8) is 0 Å². The number of hydrogen-bond donors (Lipinski definition) is 1. The summed E-state index contributed by atoms with van der Waals surface area (Å²) >= 11 is 5.92. The van der Waals surface area contributed by atoms with Gasteiger partial charge in [0, 0.05) is 28.9 Å². The molecule has 7 heteroatoms. The van der Waals surface area contributed by atoms with Gasteiger partial charge in [0.1, 0.15) is 18.2 Å². The topological polar surface area (TPSA) is 64.0 Å². The van der Waals surface area contributed by atoms with E-state index in [0.29, 0.717) is 22.1 Å². The van der Waals surface area contributed by atoms with Crippen LogP contribution < -0.4 is 10.9 Å². The molecule has 0 radical (unpaired) electrons. The summed E-state index contributed by atoms with van der Waals surface area (Å²) in [6.07, 6.45) is 0. The molecule has 0 atom stereocenters. The van der Waals surface area contributed by atoms with Crippen LogP contribution >= 0.6 is 11.6 Å². The van der Waals surface area contributed by atoms with Gasteiger partial charge in [0.25, 0.3) is 5.56 Å². The third-order valence-electron chi connectivity index (χ3n) is 3.94. The minimum absolute atomic E-state index is 0.175. The fourth-order valence-electron chi connectivity index (χ4n) is 2.60. The number of halogens is 2. The van der Waals surface area contributed by atoms with Gasteiger partial charge in [0.05, 0.1) is 0 Å². The molecule has 0 aliphatic rings. The number of benzene rings is 2. The largest absolute Gasteiger partial charge is 0.350 e. The zero-order valence-corrected chi connectivity index (χ0v) is 15.3. The zero-order valence-electron chi connectivity index (χ0n) is 14.6. The van der Waals surface area contributed by atoms with Gasteiger partial charge in [-0.25, -0.2) is 9.37 Å². The number of aryl methyl sites for hydroxylation is 1. The summed E-state index contributed by atoms with van der Waals surface area (Å²) in [5, 5.41) is 3.29. The van der Waals surface area contributed by atoms with Crippen LogP contribution in [0.4, 0.5) is 4.39 Å². The smallest absolute Gasteiger partial charge is 0.254 e. The van der Waals surface area contributed by atoms with Crippen molar-refractivity contribution in [2.24, 2.45) is 0 Å². The van der Waals surface area contributed by atoms with Crippen molar-refractivity contribution >= 4 is 17.5 Å². The number of amides is 1. The van der Waals surface area contributed by atoms with Gasteiger partial charge in [-0.3, -0.25) is 14.2 Å². The van der Waals surface area contributed by atoms with E-state index in [1.54, 1.807) is 43.3 Å². The number of hydrogen-bond acceptors (Lipinski definition) is 3. The fraction of sp³-hybridized carbons (Fsp3) is 0.150. The van der Waals surface area contributed by atoms with Crippen molar-refractivity contribution in [3.05, 3.63) is 87.0 Å². The van der Waals surface area contributed by atoms with Crippen molar-refractivity contribution in [1.82, 2.24) is 14.9 Å². The van der Waals surface area contributed by atoms with Gasteiger partial charge in [-0.15, -0.1) is 0 Å². The van der Waals surface area contributed by atoms with Crippen LogP contribution in [0, 0.1) is 12.7 Å². The Morgan fingerprint density at radius 1 is 1.15 bits per heavy atom. The molecule has 1 N–H and O–H groups in total. The SMILES string of the molecule is Cc1cc(=O)n(CC(=O)NCc2ccc(F)cc2)c(-c2ccc(Cl)cc2)n1. The highest BCUT2D eigenvalue weighted by atomic mass is 35.5. The van der Waals surface area contributed by atoms with Crippen LogP contribution in [0.3, 0.4) is 0 Å². The summed E-state index contributed by atoms with van der Waals surface area (Å²) in [4.78, 5) is 29.2.